The molecule has 0 radical (unpaired) electrons. The number of halogens is 1. The Morgan fingerprint density at radius 1 is 1.35 bits per heavy atom. The Hall–Kier alpha value is -2.96. The van der Waals surface area contributed by atoms with Crippen molar-refractivity contribution in [3.63, 3.8) is 0 Å². The number of aromatic nitrogens is 3. The van der Waals surface area contributed by atoms with Crippen molar-refractivity contribution in [2.24, 2.45) is 0 Å². The van der Waals surface area contributed by atoms with Crippen LogP contribution < -0.4 is 5.32 Å². The number of nitrogens with zero attached hydrogens (tertiary/aromatic N) is 3. The van der Waals surface area contributed by atoms with Gasteiger partial charge < -0.3 is 14.4 Å². The monoisotopic (exact) mass is 314 g/mol. The number of imidazole rings is 1. The number of amides is 1. The predicted molar refractivity (Wildman–Crippen MR) is 81.1 cm³/mol. The van der Waals surface area contributed by atoms with Crippen molar-refractivity contribution >= 4 is 5.91 Å². The first-order valence-electron chi connectivity index (χ1n) is 7.19. The van der Waals surface area contributed by atoms with E-state index in [9.17, 15) is 9.18 Å². The molecule has 3 rings (SSSR count). The molecule has 1 aromatic carbocycles. The minimum Gasteiger partial charge on any atom is -0.355 e. The molecule has 2 heterocycles. The predicted octanol–water partition coefficient (Wildman–Crippen LogP) is 2.50. The lowest BCUT2D eigenvalue weighted by molar-refractivity contribution is 0.0944. The average Bonchev–Trinajstić information content (AvgIpc) is 3.23. The Bertz CT molecular complexity index is 783. The summed E-state index contributed by atoms with van der Waals surface area (Å²) in [5.74, 6) is -0.537. The van der Waals surface area contributed by atoms with Crippen molar-refractivity contribution in [2.75, 3.05) is 6.54 Å². The Morgan fingerprint density at radius 3 is 3.00 bits per heavy atom. The van der Waals surface area contributed by atoms with Crippen LogP contribution in [0.1, 0.15) is 16.9 Å². The van der Waals surface area contributed by atoms with Crippen molar-refractivity contribution in [3.8, 4) is 11.3 Å². The van der Waals surface area contributed by atoms with E-state index in [1.54, 1.807) is 30.7 Å². The van der Waals surface area contributed by atoms with Gasteiger partial charge >= 0.3 is 0 Å². The number of hydrogen-bond acceptors (Lipinski definition) is 4. The molecule has 2 aromatic heterocycles. The van der Waals surface area contributed by atoms with E-state index in [0.717, 1.165) is 13.0 Å². The zero-order chi connectivity index (χ0) is 16.1. The van der Waals surface area contributed by atoms with Crippen LogP contribution in [0.3, 0.4) is 0 Å². The smallest absolute Gasteiger partial charge is 0.273 e. The van der Waals surface area contributed by atoms with Crippen LogP contribution in [0, 0.1) is 5.82 Å². The van der Waals surface area contributed by atoms with E-state index in [-0.39, 0.29) is 22.9 Å². The third-order valence-corrected chi connectivity index (χ3v) is 3.32. The molecule has 0 unspecified atom stereocenters. The van der Waals surface area contributed by atoms with Gasteiger partial charge in [0, 0.05) is 31.5 Å². The Balaban J connectivity index is 1.55. The number of carbonyl (C=O) groups excluding carboxylic acids is 1. The minimum absolute atomic E-state index is 0.130. The Morgan fingerprint density at radius 2 is 2.22 bits per heavy atom. The highest BCUT2D eigenvalue weighted by molar-refractivity contribution is 5.93. The largest absolute Gasteiger partial charge is 0.355 e. The molecule has 0 aliphatic rings. The summed E-state index contributed by atoms with van der Waals surface area (Å²) in [6, 6.07) is 7.61. The van der Waals surface area contributed by atoms with Gasteiger partial charge in [-0.05, 0) is 18.6 Å². The molecule has 0 saturated carbocycles. The fraction of sp³-hybridized carbons (Fsp3) is 0.188. The molecule has 3 aromatic rings. The fourth-order valence-corrected chi connectivity index (χ4v) is 2.14. The molecule has 118 valence electrons. The van der Waals surface area contributed by atoms with Gasteiger partial charge in [-0.15, -0.1) is 0 Å². The minimum atomic E-state index is -0.420. The first kappa shape index (κ1) is 15.0. The summed E-state index contributed by atoms with van der Waals surface area (Å²) in [6.07, 6.45) is 6.05. The van der Waals surface area contributed by atoms with Crippen molar-refractivity contribution in [1.82, 2.24) is 20.0 Å². The molecule has 0 spiro atoms. The average molecular weight is 314 g/mol. The van der Waals surface area contributed by atoms with Gasteiger partial charge in [0.1, 0.15) is 5.82 Å². The summed E-state index contributed by atoms with van der Waals surface area (Å²) in [7, 11) is 0. The number of benzene rings is 1. The summed E-state index contributed by atoms with van der Waals surface area (Å²) in [5, 5.41) is 6.45. The lowest BCUT2D eigenvalue weighted by atomic mass is 10.1. The maximum absolute atomic E-state index is 13.7. The molecule has 0 aliphatic carbocycles. The van der Waals surface area contributed by atoms with Crippen molar-refractivity contribution in [1.29, 1.82) is 0 Å². The Kier molecular flexibility index (Phi) is 4.46. The zero-order valence-corrected chi connectivity index (χ0v) is 12.3. The lowest BCUT2D eigenvalue weighted by Crippen LogP contribution is -2.25. The fourth-order valence-electron chi connectivity index (χ4n) is 2.14. The summed E-state index contributed by atoms with van der Waals surface area (Å²) < 4.78 is 20.7. The molecule has 1 amide bonds. The van der Waals surface area contributed by atoms with Crippen LogP contribution >= 0.6 is 0 Å². The van der Waals surface area contributed by atoms with Crippen molar-refractivity contribution < 1.29 is 13.7 Å². The summed E-state index contributed by atoms with van der Waals surface area (Å²) in [6.45, 7) is 1.26. The quantitative estimate of drug-likeness (QED) is 0.710. The van der Waals surface area contributed by atoms with Crippen LogP contribution in [0.2, 0.25) is 0 Å². The van der Waals surface area contributed by atoms with Gasteiger partial charge in [-0.1, -0.05) is 17.3 Å². The summed E-state index contributed by atoms with van der Waals surface area (Å²) in [5.41, 5.74) is 0.407. The molecule has 7 heteroatoms. The van der Waals surface area contributed by atoms with Gasteiger partial charge in [0.25, 0.3) is 5.91 Å². The number of hydrogen-bond donors (Lipinski definition) is 1. The third kappa shape index (κ3) is 3.63. The highest BCUT2D eigenvalue weighted by Gasteiger charge is 2.15. The van der Waals surface area contributed by atoms with Gasteiger partial charge in [0.2, 0.25) is 0 Å². The van der Waals surface area contributed by atoms with E-state index < -0.39 is 5.82 Å². The van der Waals surface area contributed by atoms with E-state index in [2.05, 4.69) is 15.5 Å². The van der Waals surface area contributed by atoms with E-state index in [1.165, 1.54) is 12.1 Å². The lowest BCUT2D eigenvalue weighted by Gasteiger charge is -2.03. The molecule has 23 heavy (non-hydrogen) atoms. The van der Waals surface area contributed by atoms with Crippen LogP contribution in [0.4, 0.5) is 4.39 Å². The summed E-state index contributed by atoms with van der Waals surface area (Å²) in [4.78, 5) is 15.9. The maximum atomic E-state index is 13.7. The second kappa shape index (κ2) is 6.87. The SMILES string of the molecule is O=C(NCCCn1ccnc1)c1cc(-c2ccccc2F)on1. The van der Waals surface area contributed by atoms with Crippen LogP contribution in [-0.2, 0) is 6.54 Å². The maximum Gasteiger partial charge on any atom is 0.273 e. The van der Waals surface area contributed by atoms with E-state index >= 15 is 0 Å². The molecule has 6 nitrogen and oxygen atoms in total. The molecule has 0 bridgehead atoms. The number of carbonyl (C=O) groups is 1. The van der Waals surface area contributed by atoms with E-state index in [0.29, 0.717) is 6.54 Å². The van der Waals surface area contributed by atoms with Crippen LogP contribution in [0.15, 0.2) is 53.6 Å². The standard InChI is InChI=1S/C16H15FN4O2/c17-13-5-2-1-4-12(13)15-10-14(20-23-15)16(22)19-6-3-8-21-9-7-18-11-21/h1-2,4-5,7,9-11H,3,6,8H2,(H,19,22). The normalized spacial score (nSPS) is 10.7. The van der Waals surface area contributed by atoms with Crippen LogP contribution in [-0.4, -0.2) is 27.2 Å². The molecule has 0 fully saturated rings. The van der Waals surface area contributed by atoms with Gasteiger partial charge in [-0.3, -0.25) is 4.79 Å². The van der Waals surface area contributed by atoms with Gasteiger partial charge in [-0.2, -0.15) is 0 Å². The van der Waals surface area contributed by atoms with Crippen LogP contribution in [0.25, 0.3) is 11.3 Å². The highest BCUT2D eigenvalue weighted by Crippen LogP contribution is 2.23. The molecule has 1 N–H and O–H groups in total. The molecule has 0 saturated heterocycles. The molecular formula is C16H15FN4O2. The van der Waals surface area contributed by atoms with Crippen LogP contribution in [0.5, 0.6) is 0 Å². The molecule has 0 aliphatic heterocycles. The number of nitrogens with one attached hydrogen (secondary N) is 1. The van der Waals surface area contributed by atoms with E-state index in [4.69, 9.17) is 4.52 Å². The second-order valence-corrected chi connectivity index (χ2v) is 4.97. The van der Waals surface area contributed by atoms with Gasteiger partial charge in [0.15, 0.2) is 11.5 Å². The van der Waals surface area contributed by atoms with Gasteiger partial charge in [0.05, 0.1) is 11.9 Å². The Labute approximate surface area is 131 Å². The topological polar surface area (TPSA) is 73.0 Å². The van der Waals surface area contributed by atoms with Crippen molar-refractivity contribution in [2.45, 2.75) is 13.0 Å². The third-order valence-electron chi connectivity index (χ3n) is 3.32. The second-order valence-electron chi connectivity index (χ2n) is 4.97. The molecule has 0 atom stereocenters. The molecular weight excluding hydrogens is 299 g/mol. The summed E-state index contributed by atoms with van der Waals surface area (Å²) >= 11 is 0. The highest BCUT2D eigenvalue weighted by atomic mass is 19.1. The van der Waals surface area contributed by atoms with Crippen molar-refractivity contribution in [3.05, 3.63) is 60.6 Å². The number of rotatable bonds is 6. The zero-order valence-electron chi connectivity index (χ0n) is 12.3. The van der Waals surface area contributed by atoms with E-state index in [1.807, 2.05) is 10.8 Å². The number of aryl methyl sites for hydroxylation is 1. The first-order valence-corrected chi connectivity index (χ1v) is 7.19. The first-order chi connectivity index (χ1) is 11.2. The van der Waals surface area contributed by atoms with Gasteiger partial charge in [-0.25, -0.2) is 9.37 Å².